The minimum absolute atomic E-state index is 0.199. The standard InChI is InChI=1S/C23H21N3O4/c27-22(17-4-2-1-3-5-17)25-18-6-8-20(9-7-18)30-23(28)21-16-19(10-11-24-21)26-12-14-29-15-13-26/h1-11,16H,12-15H2,(H,25,27)/p+1. The minimum Gasteiger partial charge on any atom is -0.419 e. The zero-order valence-electron chi connectivity index (χ0n) is 16.3. The third kappa shape index (κ3) is 4.82. The second kappa shape index (κ2) is 9.19. The summed E-state index contributed by atoms with van der Waals surface area (Å²) < 4.78 is 10.8. The summed E-state index contributed by atoms with van der Waals surface area (Å²) in [6, 6.07) is 19.3. The first-order chi connectivity index (χ1) is 14.7. The SMILES string of the molecule is O=C(Nc1ccc(OC(=O)c2cc(N3CCOCC3)cc[nH+]2)cc1)c1ccccc1. The summed E-state index contributed by atoms with van der Waals surface area (Å²) >= 11 is 0. The van der Waals surface area contributed by atoms with Crippen molar-refractivity contribution in [2.24, 2.45) is 0 Å². The van der Waals surface area contributed by atoms with Crippen LogP contribution in [0.25, 0.3) is 0 Å². The van der Waals surface area contributed by atoms with Gasteiger partial charge in [-0.1, -0.05) is 18.2 Å². The van der Waals surface area contributed by atoms with Crippen LogP contribution in [0, 0.1) is 0 Å². The molecular formula is C23H22N3O4+. The Hall–Kier alpha value is -3.71. The van der Waals surface area contributed by atoms with Crippen LogP contribution in [0.2, 0.25) is 0 Å². The normalized spacial score (nSPS) is 13.5. The molecule has 30 heavy (non-hydrogen) atoms. The molecule has 152 valence electrons. The Labute approximate surface area is 174 Å². The highest BCUT2D eigenvalue weighted by atomic mass is 16.5. The van der Waals surface area contributed by atoms with E-state index in [1.165, 1.54) is 0 Å². The van der Waals surface area contributed by atoms with E-state index in [4.69, 9.17) is 9.47 Å². The number of nitrogens with one attached hydrogen (secondary N) is 2. The molecule has 1 aliphatic rings. The summed E-state index contributed by atoms with van der Waals surface area (Å²) in [7, 11) is 0. The number of carbonyl (C=O) groups excluding carboxylic acids is 2. The number of carbonyl (C=O) groups is 2. The van der Waals surface area contributed by atoms with Crippen molar-refractivity contribution in [3.63, 3.8) is 0 Å². The third-order valence-corrected chi connectivity index (χ3v) is 4.74. The maximum atomic E-state index is 12.5. The Kier molecular flexibility index (Phi) is 6.01. The van der Waals surface area contributed by atoms with Crippen LogP contribution >= 0.6 is 0 Å². The van der Waals surface area contributed by atoms with Crippen molar-refractivity contribution >= 4 is 23.3 Å². The van der Waals surface area contributed by atoms with Gasteiger partial charge in [-0.25, -0.2) is 9.78 Å². The molecule has 0 aliphatic carbocycles. The van der Waals surface area contributed by atoms with Gasteiger partial charge < -0.3 is 19.7 Å². The van der Waals surface area contributed by atoms with Gasteiger partial charge in [0.05, 0.1) is 13.2 Å². The minimum atomic E-state index is -0.480. The highest BCUT2D eigenvalue weighted by Gasteiger charge is 2.20. The van der Waals surface area contributed by atoms with Gasteiger partial charge >= 0.3 is 5.97 Å². The zero-order valence-corrected chi connectivity index (χ0v) is 16.3. The van der Waals surface area contributed by atoms with Gasteiger partial charge in [-0.2, -0.15) is 0 Å². The van der Waals surface area contributed by atoms with E-state index in [1.807, 2.05) is 24.3 Å². The maximum absolute atomic E-state index is 12.5. The lowest BCUT2D eigenvalue weighted by Crippen LogP contribution is -2.36. The average Bonchev–Trinajstić information content (AvgIpc) is 2.81. The van der Waals surface area contributed by atoms with E-state index in [0.29, 0.717) is 35.9 Å². The quantitative estimate of drug-likeness (QED) is 0.522. The molecule has 7 heteroatoms. The molecule has 2 aromatic carbocycles. The number of esters is 1. The summed E-state index contributed by atoms with van der Waals surface area (Å²) in [5.74, 6) is -0.288. The molecular weight excluding hydrogens is 382 g/mol. The molecule has 0 saturated carbocycles. The fourth-order valence-corrected chi connectivity index (χ4v) is 3.15. The van der Waals surface area contributed by atoms with Crippen LogP contribution in [-0.4, -0.2) is 38.2 Å². The molecule has 3 aromatic rings. The van der Waals surface area contributed by atoms with Gasteiger partial charge in [0.2, 0.25) is 0 Å². The molecule has 0 radical (unpaired) electrons. The van der Waals surface area contributed by atoms with Crippen LogP contribution in [0.4, 0.5) is 11.4 Å². The maximum Gasteiger partial charge on any atom is 0.409 e. The van der Waals surface area contributed by atoms with Crippen molar-refractivity contribution in [3.05, 3.63) is 84.2 Å². The van der Waals surface area contributed by atoms with E-state index in [1.54, 1.807) is 48.7 Å². The Balaban J connectivity index is 1.38. The zero-order chi connectivity index (χ0) is 20.8. The van der Waals surface area contributed by atoms with Gasteiger partial charge in [0, 0.05) is 42.2 Å². The molecule has 1 aliphatic heterocycles. The molecule has 1 amide bonds. The number of hydrogen-bond acceptors (Lipinski definition) is 5. The fraction of sp³-hybridized carbons (Fsp3) is 0.174. The van der Waals surface area contributed by atoms with Crippen molar-refractivity contribution in [3.8, 4) is 5.75 Å². The van der Waals surface area contributed by atoms with Crippen LogP contribution in [-0.2, 0) is 4.74 Å². The number of morpholine rings is 1. The number of aromatic nitrogens is 1. The van der Waals surface area contributed by atoms with Crippen LogP contribution in [0.1, 0.15) is 20.8 Å². The van der Waals surface area contributed by atoms with Crippen LogP contribution in [0.15, 0.2) is 72.9 Å². The molecule has 0 atom stereocenters. The third-order valence-electron chi connectivity index (χ3n) is 4.74. The van der Waals surface area contributed by atoms with E-state index in [2.05, 4.69) is 15.2 Å². The van der Waals surface area contributed by atoms with E-state index in [-0.39, 0.29) is 5.91 Å². The lowest BCUT2D eigenvalue weighted by Gasteiger charge is -2.28. The van der Waals surface area contributed by atoms with Gasteiger partial charge in [-0.05, 0) is 36.4 Å². The largest absolute Gasteiger partial charge is 0.419 e. The number of ether oxygens (including phenoxy) is 2. The molecule has 2 heterocycles. The first-order valence-electron chi connectivity index (χ1n) is 9.72. The number of benzene rings is 2. The van der Waals surface area contributed by atoms with Gasteiger partial charge in [-0.3, -0.25) is 4.79 Å². The highest BCUT2D eigenvalue weighted by molar-refractivity contribution is 6.04. The Bertz CT molecular complexity index is 1020. The second-order valence-electron chi connectivity index (χ2n) is 6.79. The highest BCUT2D eigenvalue weighted by Crippen LogP contribution is 2.19. The lowest BCUT2D eigenvalue weighted by molar-refractivity contribution is -0.383. The second-order valence-corrected chi connectivity index (χ2v) is 6.79. The van der Waals surface area contributed by atoms with Gasteiger partial charge in [-0.15, -0.1) is 0 Å². The Morgan fingerprint density at radius 2 is 1.70 bits per heavy atom. The number of aromatic amines is 1. The topological polar surface area (TPSA) is 82.0 Å². The Morgan fingerprint density at radius 3 is 2.43 bits per heavy atom. The first-order valence-corrected chi connectivity index (χ1v) is 9.72. The molecule has 4 rings (SSSR count). The molecule has 1 aromatic heterocycles. The lowest BCUT2D eigenvalue weighted by atomic mass is 10.2. The van der Waals surface area contributed by atoms with Gasteiger partial charge in [0.25, 0.3) is 11.6 Å². The predicted molar refractivity (Wildman–Crippen MR) is 112 cm³/mol. The Morgan fingerprint density at radius 1 is 0.967 bits per heavy atom. The van der Waals surface area contributed by atoms with Crippen LogP contribution < -0.4 is 19.9 Å². The van der Waals surface area contributed by atoms with E-state index in [0.717, 1.165) is 18.8 Å². The van der Waals surface area contributed by atoms with Crippen molar-refractivity contribution in [1.82, 2.24) is 0 Å². The van der Waals surface area contributed by atoms with Crippen molar-refractivity contribution in [2.75, 3.05) is 36.5 Å². The van der Waals surface area contributed by atoms with Crippen LogP contribution in [0.3, 0.4) is 0 Å². The number of nitrogens with zero attached hydrogens (tertiary/aromatic N) is 1. The summed E-state index contributed by atoms with van der Waals surface area (Å²) in [6.45, 7) is 2.92. The number of anilines is 2. The van der Waals surface area contributed by atoms with Crippen molar-refractivity contribution in [1.29, 1.82) is 0 Å². The molecule has 7 nitrogen and oxygen atoms in total. The number of rotatable bonds is 5. The number of amides is 1. The summed E-state index contributed by atoms with van der Waals surface area (Å²) in [5.41, 5.74) is 2.50. The monoisotopic (exact) mass is 404 g/mol. The number of hydrogen-bond donors (Lipinski definition) is 1. The summed E-state index contributed by atoms with van der Waals surface area (Å²) in [6.07, 6.45) is 1.73. The van der Waals surface area contributed by atoms with E-state index < -0.39 is 5.97 Å². The van der Waals surface area contributed by atoms with E-state index >= 15 is 0 Å². The van der Waals surface area contributed by atoms with Crippen LogP contribution in [0.5, 0.6) is 5.75 Å². The molecule has 1 saturated heterocycles. The number of pyridine rings is 1. The molecule has 1 fully saturated rings. The van der Waals surface area contributed by atoms with Crippen molar-refractivity contribution < 1.29 is 24.0 Å². The average molecular weight is 404 g/mol. The van der Waals surface area contributed by atoms with Crippen molar-refractivity contribution in [2.45, 2.75) is 0 Å². The number of H-pyrrole nitrogens is 1. The molecule has 0 bridgehead atoms. The smallest absolute Gasteiger partial charge is 0.409 e. The first kappa shape index (κ1) is 19.6. The molecule has 2 N–H and O–H groups in total. The van der Waals surface area contributed by atoms with Gasteiger partial charge in [0.1, 0.15) is 5.75 Å². The fourth-order valence-electron chi connectivity index (χ4n) is 3.15. The molecule has 0 unspecified atom stereocenters. The van der Waals surface area contributed by atoms with Gasteiger partial charge in [0.15, 0.2) is 6.20 Å². The van der Waals surface area contributed by atoms with E-state index in [9.17, 15) is 9.59 Å². The summed E-state index contributed by atoms with van der Waals surface area (Å²) in [4.78, 5) is 29.8. The predicted octanol–water partition coefficient (Wildman–Crippen LogP) is 2.81. The summed E-state index contributed by atoms with van der Waals surface area (Å²) in [5, 5.41) is 2.81. The molecule has 0 spiro atoms.